The molecular formula is C15H15NO2. The monoisotopic (exact) mass is 241 g/mol. The minimum Gasteiger partial charge on any atom is -0.338 e. The van der Waals surface area contributed by atoms with E-state index in [2.05, 4.69) is 5.48 Å². The standard InChI is InChI=1S/C15H15NO2/c1-11-5-3-7-13(9-11)15(17)18-16-14-8-4-6-12(2)10-14/h3-10,16H,1-2H3. The van der Waals surface area contributed by atoms with Crippen LogP contribution in [0.3, 0.4) is 0 Å². The Morgan fingerprint density at radius 2 is 1.67 bits per heavy atom. The maximum atomic E-state index is 11.8. The van der Waals surface area contributed by atoms with E-state index in [1.54, 1.807) is 12.1 Å². The van der Waals surface area contributed by atoms with Gasteiger partial charge in [0.2, 0.25) is 0 Å². The van der Waals surface area contributed by atoms with Crippen LogP contribution >= 0.6 is 0 Å². The summed E-state index contributed by atoms with van der Waals surface area (Å²) in [5, 5.41) is 0. The second-order valence-corrected chi connectivity index (χ2v) is 4.23. The molecule has 0 aromatic heterocycles. The van der Waals surface area contributed by atoms with E-state index < -0.39 is 0 Å². The minimum absolute atomic E-state index is 0.389. The molecule has 0 unspecified atom stereocenters. The fourth-order valence-corrected chi connectivity index (χ4v) is 1.64. The number of nitrogens with one attached hydrogen (secondary N) is 1. The average Bonchev–Trinajstić information content (AvgIpc) is 2.36. The van der Waals surface area contributed by atoms with E-state index in [1.807, 2.05) is 50.2 Å². The molecule has 2 aromatic rings. The Bertz CT molecular complexity index is 564. The van der Waals surface area contributed by atoms with Crippen molar-refractivity contribution >= 4 is 11.7 Å². The SMILES string of the molecule is Cc1cccc(NOC(=O)c2cccc(C)c2)c1. The molecule has 0 atom stereocenters. The number of aryl methyl sites for hydroxylation is 2. The first-order valence-electron chi connectivity index (χ1n) is 5.76. The highest BCUT2D eigenvalue weighted by molar-refractivity contribution is 5.90. The zero-order chi connectivity index (χ0) is 13.0. The van der Waals surface area contributed by atoms with Crippen LogP contribution in [-0.2, 0) is 4.84 Å². The van der Waals surface area contributed by atoms with Gasteiger partial charge in [0.1, 0.15) is 0 Å². The van der Waals surface area contributed by atoms with Crippen molar-refractivity contribution in [2.24, 2.45) is 0 Å². The molecule has 0 saturated heterocycles. The summed E-state index contributed by atoms with van der Waals surface area (Å²) in [5.41, 5.74) is 6.08. The average molecular weight is 241 g/mol. The highest BCUT2D eigenvalue weighted by Crippen LogP contribution is 2.11. The number of hydrogen-bond acceptors (Lipinski definition) is 3. The highest BCUT2D eigenvalue weighted by Gasteiger charge is 2.07. The summed E-state index contributed by atoms with van der Waals surface area (Å²) in [6.07, 6.45) is 0. The maximum Gasteiger partial charge on any atom is 0.362 e. The first-order valence-corrected chi connectivity index (χ1v) is 5.76. The Hall–Kier alpha value is -2.29. The van der Waals surface area contributed by atoms with Crippen LogP contribution in [0.5, 0.6) is 0 Å². The largest absolute Gasteiger partial charge is 0.362 e. The van der Waals surface area contributed by atoms with Crippen molar-refractivity contribution in [3.8, 4) is 0 Å². The quantitative estimate of drug-likeness (QED) is 0.836. The number of carbonyl (C=O) groups excluding carboxylic acids is 1. The second-order valence-electron chi connectivity index (χ2n) is 4.23. The number of benzene rings is 2. The molecule has 3 heteroatoms. The molecule has 0 fully saturated rings. The van der Waals surface area contributed by atoms with Crippen molar-refractivity contribution in [2.75, 3.05) is 5.48 Å². The van der Waals surface area contributed by atoms with Gasteiger partial charge in [0.15, 0.2) is 0 Å². The zero-order valence-corrected chi connectivity index (χ0v) is 10.4. The van der Waals surface area contributed by atoms with Crippen LogP contribution in [0.1, 0.15) is 21.5 Å². The first-order chi connectivity index (χ1) is 8.65. The number of rotatable bonds is 3. The van der Waals surface area contributed by atoms with Crippen LogP contribution in [0, 0.1) is 13.8 Å². The van der Waals surface area contributed by atoms with Gasteiger partial charge in [-0.3, -0.25) is 0 Å². The molecular weight excluding hydrogens is 226 g/mol. The van der Waals surface area contributed by atoms with Crippen LogP contribution in [0.15, 0.2) is 48.5 Å². The summed E-state index contributed by atoms with van der Waals surface area (Å²) in [6.45, 7) is 3.92. The molecule has 0 heterocycles. The Labute approximate surface area is 106 Å². The minimum atomic E-state index is -0.389. The Kier molecular flexibility index (Phi) is 3.63. The van der Waals surface area contributed by atoms with Crippen LogP contribution in [-0.4, -0.2) is 5.97 Å². The van der Waals surface area contributed by atoms with Gasteiger partial charge in [-0.2, -0.15) is 0 Å². The van der Waals surface area contributed by atoms with Crippen molar-refractivity contribution in [1.29, 1.82) is 0 Å². The summed E-state index contributed by atoms with van der Waals surface area (Å²) in [6, 6.07) is 14.9. The summed E-state index contributed by atoms with van der Waals surface area (Å²) in [4.78, 5) is 16.8. The first kappa shape index (κ1) is 12.2. The topological polar surface area (TPSA) is 38.3 Å². The van der Waals surface area contributed by atoms with Gasteiger partial charge >= 0.3 is 5.97 Å². The summed E-state index contributed by atoms with van der Waals surface area (Å²) >= 11 is 0. The predicted molar refractivity (Wildman–Crippen MR) is 71.4 cm³/mol. The molecule has 1 N–H and O–H groups in total. The van der Waals surface area contributed by atoms with Gasteiger partial charge < -0.3 is 4.84 Å². The number of hydrogen-bond donors (Lipinski definition) is 1. The predicted octanol–water partition coefficient (Wildman–Crippen LogP) is 3.49. The fourth-order valence-electron chi connectivity index (χ4n) is 1.64. The van der Waals surface area contributed by atoms with Gasteiger partial charge in [0.05, 0.1) is 11.3 Å². The molecule has 0 spiro atoms. The third-order valence-electron chi connectivity index (χ3n) is 2.53. The summed E-state index contributed by atoms with van der Waals surface area (Å²) < 4.78 is 0. The number of anilines is 1. The molecule has 0 bridgehead atoms. The smallest absolute Gasteiger partial charge is 0.338 e. The second kappa shape index (κ2) is 5.36. The molecule has 0 radical (unpaired) electrons. The van der Waals surface area contributed by atoms with E-state index in [0.29, 0.717) is 5.56 Å². The van der Waals surface area contributed by atoms with Crippen molar-refractivity contribution in [3.63, 3.8) is 0 Å². The van der Waals surface area contributed by atoms with Crippen LogP contribution in [0.25, 0.3) is 0 Å². The Morgan fingerprint density at radius 1 is 1.00 bits per heavy atom. The lowest BCUT2D eigenvalue weighted by atomic mass is 10.1. The summed E-state index contributed by atoms with van der Waals surface area (Å²) in [5.74, 6) is -0.389. The van der Waals surface area contributed by atoms with Gasteiger partial charge in [-0.15, -0.1) is 0 Å². The molecule has 92 valence electrons. The van der Waals surface area contributed by atoms with Crippen LogP contribution in [0.2, 0.25) is 0 Å². The lowest BCUT2D eigenvalue weighted by Gasteiger charge is -2.07. The van der Waals surface area contributed by atoms with Crippen molar-refractivity contribution < 1.29 is 9.63 Å². The molecule has 2 rings (SSSR count). The van der Waals surface area contributed by atoms with E-state index >= 15 is 0 Å². The molecule has 2 aromatic carbocycles. The van der Waals surface area contributed by atoms with Crippen molar-refractivity contribution in [1.82, 2.24) is 0 Å². The van der Waals surface area contributed by atoms with Crippen molar-refractivity contribution in [2.45, 2.75) is 13.8 Å². The van der Waals surface area contributed by atoms with Crippen molar-refractivity contribution in [3.05, 3.63) is 65.2 Å². The lowest BCUT2D eigenvalue weighted by Crippen LogP contribution is -2.10. The van der Waals surface area contributed by atoms with Gasteiger partial charge in [-0.1, -0.05) is 29.8 Å². The normalized spacial score (nSPS) is 9.89. The van der Waals surface area contributed by atoms with Gasteiger partial charge in [0, 0.05) is 0 Å². The summed E-state index contributed by atoms with van der Waals surface area (Å²) in [7, 11) is 0. The Balaban J connectivity index is 2.00. The number of carbonyl (C=O) groups is 1. The van der Waals surface area contributed by atoms with E-state index in [1.165, 1.54) is 0 Å². The van der Waals surface area contributed by atoms with Crippen LogP contribution in [0.4, 0.5) is 5.69 Å². The highest BCUT2D eigenvalue weighted by atomic mass is 16.7. The molecule has 18 heavy (non-hydrogen) atoms. The molecule has 0 aliphatic rings. The van der Waals surface area contributed by atoms with E-state index in [-0.39, 0.29) is 5.97 Å². The van der Waals surface area contributed by atoms with E-state index in [0.717, 1.165) is 16.8 Å². The molecule has 0 amide bonds. The molecule has 3 nitrogen and oxygen atoms in total. The Morgan fingerprint density at radius 3 is 2.33 bits per heavy atom. The van der Waals surface area contributed by atoms with E-state index in [4.69, 9.17) is 4.84 Å². The third-order valence-corrected chi connectivity index (χ3v) is 2.53. The van der Waals surface area contributed by atoms with E-state index in [9.17, 15) is 4.79 Å². The lowest BCUT2D eigenvalue weighted by molar-refractivity contribution is 0.0596. The fraction of sp³-hybridized carbons (Fsp3) is 0.133. The third kappa shape index (κ3) is 3.10. The van der Waals surface area contributed by atoms with Gasteiger partial charge in [0.25, 0.3) is 0 Å². The molecule has 0 aliphatic heterocycles. The van der Waals surface area contributed by atoms with Gasteiger partial charge in [-0.05, 0) is 43.7 Å². The van der Waals surface area contributed by atoms with Gasteiger partial charge in [-0.25, -0.2) is 10.3 Å². The maximum absolute atomic E-state index is 11.8. The molecule has 0 saturated carbocycles. The zero-order valence-electron chi connectivity index (χ0n) is 10.4. The molecule has 0 aliphatic carbocycles. The van der Waals surface area contributed by atoms with Crippen LogP contribution < -0.4 is 5.48 Å².